The van der Waals surface area contributed by atoms with Gasteiger partial charge in [-0.1, -0.05) is 86.1 Å². The van der Waals surface area contributed by atoms with E-state index in [2.05, 4.69) is 82.0 Å². The first-order valence-electron chi connectivity index (χ1n) is 11.3. The molecule has 0 aliphatic rings. The summed E-state index contributed by atoms with van der Waals surface area (Å²) in [5.74, 6) is 0.292. The van der Waals surface area contributed by atoms with Crippen molar-refractivity contribution in [1.29, 1.82) is 0 Å². The van der Waals surface area contributed by atoms with Crippen molar-refractivity contribution in [3.8, 4) is 5.75 Å². The maximum atomic E-state index is 9.86. The number of hydrogen-bond donors (Lipinski definition) is 1. The van der Waals surface area contributed by atoms with Crippen molar-refractivity contribution in [2.45, 2.75) is 38.4 Å². The van der Waals surface area contributed by atoms with E-state index in [0.717, 1.165) is 32.5 Å². The molecule has 0 saturated heterocycles. The molecule has 0 radical (unpaired) electrons. The Kier molecular flexibility index (Phi) is 7.03. The summed E-state index contributed by atoms with van der Waals surface area (Å²) in [5.41, 5.74) is 3.33. The number of nitrogens with zero attached hydrogens (tertiary/aromatic N) is 3. The zero-order valence-electron chi connectivity index (χ0n) is 18.6. The lowest BCUT2D eigenvalue weighted by atomic mass is 9.76. The highest BCUT2D eigenvalue weighted by atomic mass is 16.3. The largest absolute Gasteiger partial charge is 0.508 e. The topological polar surface area (TPSA) is 41.3 Å². The molecule has 4 rings (SSSR count). The van der Waals surface area contributed by atoms with Gasteiger partial charge < -0.3 is 9.67 Å². The van der Waals surface area contributed by atoms with E-state index in [9.17, 15) is 5.11 Å². The molecule has 0 fully saturated rings. The third-order valence-corrected chi connectivity index (χ3v) is 6.11. The normalized spacial score (nSPS) is 11.7. The van der Waals surface area contributed by atoms with Crippen LogP contribution in [0.25, 0.3) is 0 Å². The molecule has 164 valence electrons. The minimum absolute atomic E-state index is 0.292. The number of aromatic nitrogens is 2. The molecule has 0 atom stereocenters. The summed E-state index contributed by atoms with van der Waals surface area (Å²) in [5, 5.41) is 9.86. The van der Waals surface area contributed by atoms with E-state index in [-0.39, 0.29) is 5.54 Å². The molecule has 0 bridgehead atoms. The average Bonchev–Trinajstić information content (AvgIpc) is 3.36. The van der Waals surface area contributed by atoms with Gasteiger partial charge in [0.1, 0.15) is 5.75 Å². The van der Waals surface area contributed by atoms with Crippen LogP contribution in [0.2, 0.25) is 0 Å². The number of unbranched alkanes of at least 4 members (excludes halogenated alkanes) is 1. The Hall–Kier alpha value is -3.37. The number of aromatic hydroxyl groups is 1. The summed E-state index contributed by atoms with van der Waals surface area (Å²) < 4.78 is 2.15. The van der Waals surface area contributed by atoms with Gasteiger partial charge in [0.15, 0.2) is 0 Å². The summed E-state index contributed by atoms with van der Waals surface area (Å²) in [4.78, 5) is 6.86. The summed E-state index contributed by atoms with van der Waals surface area (Å²) in [6.07, 6.45) is 8.77. The monoisotopic (exact) mass is 425 g/mol. The lowest BCUT2D eigenvalue weighted by Gasteiger charge is -2.45. The van der Waals surface area contributed by atoms with Crippen molar-refractivity contribution in [2.24, 2.45) is 0 Å². The Morgan fingerprint density at radius 2 is 1.50 bits per heavy atom. The predicted molar refractivity (Wildman–Crippen MR) is 129 cm³/mol. The van der Waals surface area contributed by atoms with Crippen molar-refractivity contribution < 1.29 is 5.11 Å². The third-order valence-electron chi connectivity index (χ3n) is 6.11. The minimum Gasteiger partial charge on any atom is -0.508 e. The fraction of sp³-hybridized carbons (Fsp3) is 0.250. The van der Waals surface area contributed by atoms with Gasteiger partial charge in [0.2, 0.25) is 0 Å². The van der Waals surface area contributed by atoms with Crippen molar-refractivity contribution >= 4 is 0 Å². The molecular weight excluding hydrogens is 394 g/mol. The summed E-state index contributed by atoms with van der Waals surface area (Å²) >= 11 is 0. The molecule has 0 aliphatic heterocycles. The van der Waals surface area contributed by atoms with Crippen molar-refractivity contribution in [1.82, 2.24) is 14.5 Å². The third kappa shape index (κ3) is 4.76. The Balaban J connectivity index is 1.91. The Bertz CT molecular complexity index is 1020. The van der Waals surface area contributed by atoms with Crippen LogP contribution in [0.15, 0.2) is 104 Å². The van der Waals surface area contributed by atoms with Crippen LogP contribution in [-0.4, -0.2) is 26.1 Å². The maximum Gasteiger partial charge on any atom is 0.115 e. The van der Waals surface area contributed by atoms with Gasteiger partial charge in [0, 0.05) is 18.9 Å². The lowest BCUT2D eigenvalue weighted by Crippen LogP contribution is -2.49. The highest BCUT2D eigenvalue weighted by Gasteiger charge is 2.40. The number of phenols is 1. The fourth-order valence-electron chi connectivity index (χ4n) is 4.48. The highest BCUT2D eigenvalue weighted by Crippen LogP contribution is 2.40. The molecule has 0 spiro atoms. The smallest absolute Gasteiger partial charge is 0.115 e. The van der Waals surface area contributed by atoms with E-state index in [4.69, 9.17) is 0 Å². The zero-order valence-corrected chi connectivity index (χ0v) is 18.6. The predicted octanol–water partition coefficient (Wildman–Crippen LogP) is 5.83. The molecule has 0 saturated carbocycles. The molecule has 3 aromatic carbocycles. The van der Waals surface area contributed by atoms with Crippen LogP contribution in [0.3, 0.4) is 0 Å². The number of phenolic OH excluding ortho intramolecular Hbond substituents is 1. The molecule has 1 heterocycles. The van der Waals surface area contributed by atoms with Crippen molar-refractivity contribution in [3.05, 3.63) is 120 Å². The minimum atomic E-state index is -0.376. The number of rotatable bonds is 10. The number of imidazole rings is 1. The van der Waals surface area contributed by atoms with Gasteiger partial charge >= 0.3 is 0 Å². The van der Waals surface area contributed by atoms with E-state index in [0.29, 0.717) is 5.75 Å². The maximum absolute atomic E-state index is 9.86. The van der Waals surface area contributed by atoms with Gasteiger partial charge in [0.25, 0.3) is 0 Å². The van der Waals surface area contributed by atoms with E-state index in [1.165, 1.54) is 16.7 Å². The van der Waals surface area contributed by atoms with Crippen LogP contribution < -0.4 is 0 Å². The second-order valence-corrected chi connectivity index (χ2v) is 8.27. The van der Waals surface area contributed by atoms with Gasteiger partial charge in [-0.05, 0) is 41.7 Å². The van der Waals surface area contributed by atoms with Gasteiger partial charge in [0.05, 0.1) is 18.5 Å². The molecule has 32 heavy (non-hydrogen) atoms. The molecular formula is C28H31N3O. The molecule has 1 aromatic heterocycles. The summed E-state index contributed by atoms with van der Waals surface area (Å²) in [7, 11) is 0. The van der Waals surface area contributed by atoms with Crippen molar-refractivity contribution in [2.75, 3.05) is 6.54 Å². The average molecular weight is 426 g/mol. The first-order valence-corrected chi connectivity index (χ1v) is 11.3. The molecule has 4 heteroatoms. The number of benzene rings is 3. The Labute approximate surface area is 190 Å². The van der Waals surface area contributed by atoms with Crippen LogP contribution in [0, 0.1) is 0 Å². The van der Waals surface area contributed by atoms with Crippen LogP contribution >= 0.6 is 0 Å². The zero-order chi connectivity index (χ0) is 22.2. The molecule has 4 nitrogen and oxygen atoms in total. The van der Waals surface area contributed by atoms with Gasteiger partial charge in [-0.25, -0.2) is 4.98 Å². The van der Waals surface area contributed by atoms with Crippen molar-refractivity contribution in [3.63, 3.8) is 0 Å². The Morgan fingerprint density at radius 1 is 0.875 bits per heavy atom. The first kappa shape index (κ1) is 21.8. The van der Waals surface area contributed by atoms with E-state index < -0.39 is 0 Å². The summed E-state index contributed by atoms with van der Waals surface area (Å²) in [6, 6.07) is 29.2. The van der Waals surface area contributed by atoms with E-state index in [1.54, 1.807) is 12.1 Å². The van der Waals surface area contributed by atoms with Gasteiger partial charge in [-0.15, -0.1) is 0 Å². The number of hydrogen-bond acceptors (Lipinski definition) is 3. The van der Waals surface area contributed by atoms with Crippen LogP contribution in [0.1, 0.15) is 36.5 Å². The van der Waals surface area contributed by atoms with Crippen LogP contribution in [-0.2, 0) is 18.6 Å². The lowest BCUT2D eigenvalue weighted by molar-refractivity contribution is 0.0814. The second kappa shape index (κ2) is 10.3. The Morgan fingerprint density at radius 3 is 2.03 bits per heavy atom. The molecule has 4 aromatic rings. The van der Waals surface area contributed by atoms with Crippen LogP contribution in [0.4, 0.5) is 0 Å². The van der Waals surface area contributed by atoms with Gasteiger partial charge in [-0.3, -0.25) is 4.90 Å². The molecule has 0 aliphatic carbocycles. The van der Waals surface area contributed by atoms with Crippen LogP contribution in [0.5, 0.6) is 5.75 Å². The quantitative estimate of drug-likeness (QED) is 0.347. The highest BCUT2D eigenvalue weighted by molar-refractivity contribution is 5.42. The van der Waals surface area contributed by atoms with E-state index in [1.807, 2.05) is 30.9 Å². The SMILES string of the molecule is CCCCN(Cn1ccnc1)C(Cc1ccc(O)cc1)(c1ccccc1)c1ccccc1. The fourth-order valence-corrected chi connectivity index (χ4v) is 4.48. The summed E-state index contributed by atoms with van der Waals surface area (Å²) in [6.45, 7) is 3.93. The van der Waals surface area contributed by atoms with Gasteiger partial charge in [-0.2, -0.15) is 0 Å². The van der Waals surface area contributed by atoms with E-state index >= 15 is 0 Å². The standard InChI is InChI=1S/C28H31N3O/c1-2-3-19-31(23-30-20-18-29-22-30)28(25-10-6-4-7-11-25,26-12-8-5-9-13-26)21-24-14-16-27(32)17-15-24/h4-18,20,22,32H,2-3,19,21,23H2,1H3. The molecule has 0 unspecified atom stereocenters. The molecule has 1 N–H and O–H groups in total. The second-order valence-electron chi connectivity index (χ2n) is 8.27. The first-order chi connectivity index (χ1) is 15.7. The molecule has 0 amide bonds.